The molecule has 1 saturated heterocycles. The molecule has 7 heteroatoms. The van der Waals surface area contributed by atoms with Gasteiger partial charge >= 0.3 is 0 Å². The molecule has 1 atom stereocenters. The van der Waals surface area contributed by atoms with Gasteiger partial charge in [0.25, 0.3) is 5.91 Å². The highest BCUT2D eigenvalue weighted by Crippen LogP contribution is 2.24. The highest BCUT2D eigenvalue weighted by molar-refractivity contribution is 5.94. The molecule has 1 aliphatic heterocycles. The number of piperazine rings is 1. The van der Waals surface area contributed by atoms with Crippen LogP contribution in [0.4, 0.5) is 4.39 Å². The highest BCUT2D eigenvalue weighted by atomic mass is 35.5. The molecule has 0 radical (unpaired) electrons. The first-order chi connectivity index (χ1) is 11.2. The van der Waals surface area contributed by atoms with Crippen LogP contribution in [0.15, 0.2) is 42.7 Å². The number of hydrogen-bond acceptors (Lipinski definition) is 3. The molecule has 136 valence electrons. The number of nitrogens with zero attached hydrogens (tertiary/aromatic N) is 2. The maximum Gasteiger partial charge on any atom is 0.256 e. The van der Waals surface area contributed by atoms with E-state index in [1.807, 2.05) is 0 Å². The molecule has 1 amide bonds. The summed E-state index contributed by atoms with van der Waals surface area (Å²) in [5.74, 6) is -0.669. The Labute approximate surface area is 159 Å². The largest absolute Gasteiger partial charge is 0.329 e. The summed E-state index contributed by atoms with van der Waals surface area (Å²) >= 11 is 0. The van der Waals surface area contributed by atoms with Crippen molar-refractivity contribution in [2.24, 2.45) is 0 Å². The second-order valence-corrected chi connectivity index (χ2v) is 5.71. The van der Waals surface area contributed by atoms with Crippen LogP contribution in [0.5, 0.6) is 0 Å². The zero-order chi connectivity index (χ0) is 16.2. The lowest BCUT2D eigenvalue weighted by molar-refractivity contribution is 0.0633. The van der Waals surface area contributed by atoms with E-state index in [-0.39, 0.29) is 36.8 Å². The van der Waals surface area contributed by atoms with Crippen LogP contribution in [0.2, 0.25) is 0 Å². The molecule has 1 aromatic heterocycles. The van der Waals surface area contributed by atoms with E-state index in [0.29, 0.717) is 18.7 Å². The highest BCUT2D eigenvalue weighted by Gasteiger charge is 2.28. The van der Waals surface area contributed by atoms with Gasteiger partial charge in [-0.3, -0.25) is 9.78 Å². The van der Waals surface area contributed by atoms with E-state index in [1.165, 1.54) is 17.8 Å². The molecule has 25 heavy (non-hydrogen) atoms. The fourth-order valence-corrected chi connectivity index (χ4v) is 2.92. The summed E-state index contributed by atoms with van der Waals surface area (Å²) in [6.45, 7) is 4.14. The summed E-state index contributed by atoms with van der Waals surface area (Å²) in [4.78, 5) is 18.3. The number of rotatable bonds is 3. The number of amides is 1. The number of nitrogens with one attached hydrogen (secondary N) is 1. The average Bonchev–Trinajstić information content (AvgIpc) is 2.61. The van der Waals surface area contributed by atoms with E-state index >= 15 is 0 Å². The number of aromatic nitrogens is 1. The van der Waals surface area contributed by atoms with Crippen LogP contribution in [0.25, 0.3) is 0 Å². The van der Waals surface area contributed by atoms with Crippen molar-refractivity contribution in [3.8, 4) is 0 Å². The average molecular weight is 386 g/mol. The second kappa shape index (κ2) is 9.70. The van der Waals surface area contributed by atoms with Crippen LogP contribution in [0.3, 0.4) is 0 Å². The standard InChI is InChI=1S/C18H20FN3O.2ClH/c1-2-13-3-5-14(6-4-13)17-12-20-7-8-22(17)18(23)15-9-16(19)11-21-10-15;;/h3-6,9-11,17,20H,2,7-8,12H2,1H3;2*1H. The monoisotopic (exact) mass is 385 g/mol. The first kappa shape index (κ1) is 21.4. The van der Waals surface area contributed by atoms with Gasteiger partial charge in [0.15, 0.2) is 0 Å². The van der Waals surface area contributed by atoms with Gasteiger partial charge in [-0.25, -0.2) is 4.39 Å². The summed E-state index contributed by atoms with van der Waals surface area (Å²) in [6, 6.07) is 9.52. The van der Waals surface area contributed by atoms with Gasteiger partial charge in [0.1, 0.15) is 5.82 Å². The maximum atomic E-state index is 13.4. The lowest BCUT2D eigenvalue weighted by Gasteiger charge is -2.36. The Kier molecular flexibility index (Phi) is 8.29. The first-order valence-electron chi connectivity index (χ1n) is 7.90. The molecule has 0 spiro atoms. The topological polar surface area (TPSA) is 45.2 Å². The van der Waals surface area contributed by atoms with Gasteiger partial charge in [0, 0.05) is 25.8 Å². The van der Waals surface area contributed by atoms with E-state index in [9.17, 15) is 9.18 Å². The van der Waals surface area contributed by atoms with Crippen molar-refractivity contribution in [3.05, 3.63) is 65.2 Å². The molecule has 2 aromatic rings. The number of pyridine rings is 1. The molecule has 1 aromatic carbocycles. The third-order valence-corrected chi connectivity index (χ3v) is 4.23. The van der Waals surface area contributed by atoms with E-state index < -0.39 is 5.82 Å². The molecule has 1 unspecified atom stereocenters. The van der Waals surface area contributed by atoms with Gasteiger partial charge in [0.05, 0.1) is 17.8 Å². The second-order valence-electron chi connectivity index (χ2n) is 5.71. The minimum absolute atomic E-state index is 0. The van der Waals surface area contributed by atoms with Crippen molar-refractivity contribution >= 4 is 30.7 Å². The molecule has 0 saturated carbocycles. The lowest BCUT2D eigenvalue weighted by Crippen LogP contribution is -2.48. The Morgan fingerprint density at radius 3 is 2.64 bits per heavy atom. The molecule has 1 aliphatic rings. The molecule has 0 bridgehead atoms. The van der Waals surface area contributed by atoms with E-state index in [0.717, 1.165) is 24.7 Å². The van der Waals surface area contributed by atoms with Gasteiger partial charge in [0.2, 0.25) is 0 Å². The van der Waals surface area contributed by atoms with Crippen LogP contribution in [-0.4, -0.2) is 35.4 Å². The Balaban J connectivity index is 0.00000156. The predicted octanol–water partition coefficient (Wildman–Crippen LogP) is 3.41. The third-order valence-electron chi connectivity index (χ3n) is 4.23. The summed E-state index contributed by atoms with van der Waals surface area (Å²) in [6.07, 6.45) is 3.51. The minimum atomic E-state index is -0.491. The van der Waals surface area contributed by atoms with Crippen LogP contribution in [-0.2, 0) is 6.42 Å². The summed E-state index contributed by atoms with van der Waals surface area (Å²) in [5, 5.41) is 3.33. The van der Waals surface area contributed by atoms with Crippen molar-refractivity contribution in [1.82, 2.24) is 15.2 Å². The summed E-state index contributed by atoms with van der Waals surface area (Å²) in [5.41, 5.74) is 2.65. The molecular formula is C18H22Cl2FN3O. The Hall–Kier alpha value is -1.69. The van der Waals surface area contributed by atoms with Crippen LogP contribution in [0, 0.1) is 5.82 Å². The van der Waals surface area contributed by atoms with E-state index in [2.05, 4.69) is 41.5 Å². The van der Waals surface area contributed by atoms with Gasteiger partial charge in [-0.05, 0) is 23.6 Å². The van der Waals surface area contributed by atoms with E-state index in [1.54, 1.807) is 4.90 Å². The van der Waals surface area contributed by atoms with Crippen molar-refractivity contribution in [1.29, 1.82) is 0 Å². The first-order valence-corrected chi connectivity index (χ1v) is 7.90. The molecule has 1 N–H and O–H groups in total. The quantitative estimate of drug-likeness (QED) is 0.880. The van der Waals surface area contributed by atoms with Gasteiger partial charge in [-0.1, -0.05) is 31.2 Å². The van der Waals surface area contributed by atoms with Crippen molar-refractivity contribution < 1.29 is 9.18 Å². The third kappa shape index (κ3) is 4.91. The smallest absolute Gasteiger partial charge is 0.256 e. The summed E-state index contributed by atoms with van der Waals surface area (Å²) < 4.78 is 13.4. The number of hydrogen-bond donors (Lipinski definition) is 1. The predicted molar refractivity (Wildman–Crippen MR) is 101 cm³/mol. The normalized spacial score (nSPS) is 16.6. The van der Waals surface area contributed by atoms with E-state index in [4.69, 9.17) is 0 Å². The number of benzene rings is 1. The Morgan fingerprint density at radius 2 is 2.00 bits per heavy atom. The van der Waals surface area contributed by atoms with Crippen molar-refractivity contribution in [2.45, 2.75) is 19.4 Å². The molecule has 4 nitrogen and oxygen atoms in total. The number of aryl methyl sites for hydroxylation is 1. The van der Waals surface area contributed by atoms with Crippen molar-refractivity contribution in [3.63, 3.8) is 0 Å². The van der Waals surface area contributed by atoms with Gasteiger partial charge < -0.3 is 10.2 Å². The Bertz CT molecular complexity index is 697. The minimum Gasteiger partial charge on any atom is -0.329 e. The van der Waals surface area contributed by atoms with Crippen molar-refractivity contribution in [2.75, 3.05) is 19.6 Å². The van der Waals surface area contributed by atoms with Crippen LogP contribution < -0.4 is 5.32 Å². The number of halogens is 3. The zero-order valence-electron chi connectivity index (χ0n) is 13.9. The molecule has 0 aliphatic carbocycles. The fourth-order valence-electron chi connectivity index (χ4n) is 2.92. The van der Waals surface area contributed by atoms with Gasteiger partial charge in [-0.2, -0.15) is 0 Å². The lowest BCUT2D eigenvalue weighted by atomic mass is 10.00. The zero-order valence-corrected chi connectivity index (χ0v) is 15.6. The maximum absolute atomic E-state index is 13.4. The van der Waals surface area contributed by atoms with Crippen LogP contribution in [0.1, 0.15) is 34.5 Å². The summed E-state index contributed by atoms with van der Waals surface area (Å²) in [7, 11) is 0. The van der Waals surface area contributed by atoms with Gasteiger partial charge in [-0.15, -0.1) is 24.8 Å². The van der Waals surface area contributed by atoms with Crippen LogP contribution >= 0.6 is 24.8 Å². The molecule has 1 fully saturated rings. The molecule has 3 rings (SSSR count). The number of carbonyl (C=O) groups is 1. The fraction of sp³-hybridized carbons (Fsp3) is 0.333. The Morgan fingerprint density at radius 1 is 1.28 bits per heavy atom. The molecular weight excluding hydrogens is 364 g/mol. The SMILES string of the molecule is CCc1ccc(C2CNCCN2C(=O)c2cncc(F)c2)cc1.Cl.Cl. The number of carbonyl (C=O) groups excluding carboxylic acids is 1. The molecule has 2 heterocycles.